The number of nitrogens with zero attached hydrogens (tertiary/aromatic N) is 1. The van der Waals surface area contributed by atoms with Gasteiger partial charge in [-0.1, -0.05) is 30.4 Å². The minimum absolute atomic E-state index is 0.808. The number of para-hydroxylation sites is 1. The molecule has 0 saturated heterocycles. The van der Waals surface area contributed by atoms with E-state index < -0.39 is 0 Å². The van der Waals surface area contributed by atoms with Gasteiger partial charge in [-0.25, -0.2) is 0 Å². The predicted molar refractivity (Wildman–Crippen MR) is 66.9 cm³/mol. The first kappa shape index (κ1) is 11.5. The zero-order chi connectivity index (χ0) is 10.9. The van der Waals surface area contributed by atoms with Crippen LogP contribution < -0.4 is 5.32 Å². The standard InChI is InChI=1S/C13H18N2/c1-3-10-15(11-4-2)12-14-13-8-6-5-7-9-13/h3-9,14H,1-2,10-12H2. The van der Waals surface area contributed by atoms with Gasteiger partial charge in [0, 0.05) is 18.8 Å². The summed E-state index contributed by atoms with van der Waals surface area (Å²) >= 11 is 0. The Balaban J connectivity index is 2.39. The first-order valence-corrected chi connectivity index (χ1v) is 5.10. The molecule has 0 heterocycles. The van der Waals surface area contributed by atoms with Gasteiger partial charge in [-0.2, -0.15) is 0 Å². The lowest BCUT2D eigenvalue weighted by Crippen LogP contribution is -2.29. The third kappa shape index (κ3) is 4.47. The van der Waals surface area contributed by atoms with Crippen molar-refractivity contribution < 1.29 is 0 Å². The minimum atomic E-state index is 0.808. The van der Waals surface area contributed by atoms with Crippen molar-refractivity contribution in [3.8, 4) is 0 Å². The average molecular weight is 202 g/mol. The molecule has 0 radical (unpaired) electrons. The Kier molecular flexibility index (Phi) is 5.26. The molecular weight excluding hydrogens is 184 g/mol. The number of hydrogen-bond acceptors (Lipinski definition) is 2. The highest BCUT2D eigenvalue weighted by Gasteiger charge is 1.98. The third-order valence-corrected chi connectivity index (χ3v) is 2.06. The summed E-state index contributed by atoms with van der Waals surface area (Å²) in [6.45, 7) is 10.0. The van der Waals surface area contributed by atoms with E-state index in [2.05, 4.69) is 35.5 Å². The predicted octanol–water partition coefficient (Wildman–Crippen LogP) is 2.73. The van der Waals surface area contributed by atoms with E-state index in [0.29, 0.717) is 0 Å². The third-order valence-electron chi connectivity index (χ3n) is 2.06. The van der Waals surface area contributed by atoms with Crippen LogP contribution in [0.5, 0.6) is 0 Å². The largest absolute Gasteiger partial charge is 0.372 e. The van der Waals surface area contributed by atoms with E-state index in [1.54, 1.807) is 0 Å². The Hall–Kier alpha value is -1.54. The Morgan fingerprint density at radius 2 is 1.67 bits per heavy atom. The minimum Gasteiger partial charge on any atom is -0.372 e. The van der Waals surface area contributed by atoms with Gasteiger partial charge >= 0.3 is 0 Å². The maximum Gasteiger partial charge on any atom is 0.0683 e. The van der Waals surface area contributed by atoms with E-state index in [1.807, 2.05) is 30.4 Å². The van der Waals surface area contributed by atoms with Crippen molar-refractivity contribution in [2.24, 2.45) is 0 Å². The summed E-state index contributed by atoms with van der Waals surface area (Å²) in [7, 11) is 0. The van der Waals surface area contributed by atoms with Crippen LogP contribution in [-0.2, 0) is 0 Å². The second-order valence-electron chi connectivity index (χ2n) is 3.31. The average Bonchev–Trinajstić information content (AvgIpc) is 2.28. The van der Waals surface area contributed by atoms with E-state index in [9.17, 15) is 0 Å². The van der Waals surface area contributed by atoms with Gasteiger partial charge < -0.3 is 5.32 Å². The molecule has 0 aromatic heterocycles. The van der Waals surface area contributed by atoms with Crippen LogP contribution in [0.25, 0.3) is 0 Å². The molecule has 0 aliphatic rings. The van der Waals surface area contributed by atoms with E-state index in [1.165, 1.54) is 0 Å². The number of nitrogens with one attached hydrogen (secondary N) is 1. The molecule has 0 spiro atoms. The van der Waals surface area contributed by atoms with E-state index in [0.717, 1.165) is 25.4 Å². The van der Waals surface area contributed by atoms with Gasteiger partial charge in [0.2, 0.25) is 0 Å². The topological polar surface area (TPSA) is 15.3 Å². The Morgan fingerprint density at radius 1 is 1.07 bits per heavy atom. The van der Waals surface area contributed by atoms with Crippen molar-refractivity contribution in [1.82, 2.24) is 4.90 Å². The van der Waals surface area contributed by atoms with E-state index in [-0.39, 0.29) is 0 Å². The molecule has 1 N–H and O–H groups in total. The van der Waals surface area contributed by atoms with Crippen molar-refractivity contribution >= 4 is 5.69 Å². The second-order valence-corrected chi connectivity index (χ2v) is 3.31. The number of hydrogen-bond donors (Lipinski definition) is 1. The van der Waals surface area contributed by atoms with Crippen LogP contribution >= 0.6 is 0 Å². The molecule has 0 saturated carbocycles. The summed E-state index contributed by atoms with van der Waals surface area (Å²) in [6, 6.07) is 10.2. The zero-order valence-electron chi connectivity index (χ0n) is 9.02. The molecule has 0 aliphatic heterocycles. The fourth-order valence-corrected chi connectivity index (χ4v) is 1.33. The van der Waals surface area contributed by atoms with Crippen LogP contribution in [0.3, 0.4) is 0 Å². The summed E-state index contributed by atoms with van der Waals surface area (Å²) in [5.41, 5.74) is 1.13. The van der Waals surface area contributed by atoms with Crippen molar-refractivity contribution in [2.45, 2.75) is 0 Å². The van der Waals surface area contributed by atoms with Gasteiger partial charge in [0.05, 0.1) is 6.67 Å². The molecule has 0 amide bonds. The van der Waals surface area contributed by atoms with Crippen molar-refractivity contribution in [2.75, 3.05) is 25.1 Å². The van der Waals surface area contributed by atoms with E-state index in [4.69, 9.17) is 0 Å². The van der Waals surface area contributed by atoms with Crippen molar-refractivity contribution in [1.29, 1.82) is 0 Å². The number of rotatable bonds is 7. The highest BCUT2D eigenvalue weighted by atomic mass is 15.2. The Morgan fingerprint density at radius 3 is 2.20 bits per heavy atom. The first-order chi connectivity index (χ1) is 7.36. The maximum atomic E-state index is 3.73. The maximum absolute atomic E-state index is 3.73. The quantitative estimate of drug-likeness (QED) is 0.540. The van der Waals surface area contributed by atoms with Crippen molar-refractivity contribution in [3.63, 3.8) is 0 Å². The SMILES string of the molecule is C=CCN(CC=C)CNc1ccccc1. The van der Waals surface area contributed by atoms with Crippen LogP contribution in [0.2, 0.25) is 0 Å². The van der Waals surface area contributed by atoms with Gasteiger partial charge in [0.1, 0.15) is 0 Å². The number of benzene rings is 1. The summed E-state index contributed by atoms with van der Waals surface area (Å²) < 4.78 is 0. The van der Waals surface area contributed by atoms with Crippen LogP contribution in [0.15, 0.2) is 55.6 Å². The molecule has 0 unspecified atom stereocenters. The van der Waals surface area contributed by atoms with Gasteiger partial charge in [-0.3, -0.25) is 4.90 Å². The molecule has 15 heavy (non-hydrogen) atoms. The van der Waals surface area contributed by atoms with Crippen LogP contribution in [0, 0.1) is 0 Å². The normalized spacial score (nSPS) is 9.93. The smallest absolute Gasteiger partial charge is 0.0683 e. The molecular formula is C13H18N2. The molecule has 1 aromatic carbocycles. The molecule has 1 aromatic rings. The van der Waals surface area contributed by atoms with Gasteiger partial charge in [-0.05, 0) is 12.1 Å². The molecule has 1 rings (SSSR count). The number of anilines is 1. The first-order valence-electron chi connectivity index (χ1n) is 5.10. The lowest BCUT2D eigenvalue weighted by Gasteiger charge is -2.19. The Bertz CT molecular complexity index is 283. The zero-order valence-corrected chi connectivity index (χ0v) is 9.02. The van der Waals surface area contributed by atoms with Gasteiger partial charge in [0.25, 0.3) is 0 Å². The van der Waals surface area contributed by atoms with E-state index >= 15 is 0 Å². The van der Waals surface area contributed by atoms with Gasteiger partial charge in [0.15, 0.2) is 0 Å². The molecule has 80 valence electrons. The second kappa shape index (κ2) is 6.85. The van der Waals surface area contributed by atoms with Crippen LogP contribution in [0.4, 0.5) is 5.69 Å². The summed E-state index contributed by atoms with van der Waals surface area (Å²) in [5, 5.41) is 3.34. The summed E-state index contributed by atoms with van der Waals surface area (Å²) in [5.74, 6) is 0. The van der Waals surface area contributed by atoms with Crippen LogP contribution in [0.1, 0.15) is 0 Å². The van der Waals surface area contributed by atoms with Gasteiger partial charge in [-0.15, -0.1) is 13.2 Å². The highest BCUT2D eigenvalue weighted by molar-refractivity contribution is 5.42. The molecule has 0 aliphatic carbocycles. The molecule has 0 fully saturated rings. The molecule has 0 atom stereocenters. The monoisotopic (exact) mass is 202 g/mol. The van der Waals surface area contributed by atoms with Crippen LogP contribution in [-0.4, -0.2) is 24.7 Å². The molecule has 0 bridgehead atoms. The lowest BCUT2D eigenvalue weighted by atomic mass is 10.3. The fraction of sp³-hybridized carbons (Fsp3) is 0.231. The molecule has 2 heteroatoms. The fourth-order valence-electron chi connectivity index (χ4n) is 1.33. The molecule has 2 nitrogen and oxygen atoms in total. The Labute approximate surface area is 91.9 Å². The highest BCUT2D eigenvalue weighted by Crippen LogP contribution is 2.04. The summed E-state index contributed by atoms with van der Waals surface area (Å²) in [6.07, 6.45) is 3.80. The lowest BCUT2D eigenvalue weighted by molar-refractivity contribution is 0.360. The van der Waals surface area contributed by atoms with Crippen molar-refractivity contribution in [3.05, 3.63) is 55.6 Å². The summed E-state index contributed by atoms with van der Waals surface area (Å²) in [4.78, 5) is 2.22.